The van der Waals surface area contributed by atoms with E-state index in [1.54, 1.807) is 11.7 Å². The number of anilines is 1. The van der Waals surface area contributed by atoms with Crippen LogP contribution >= 0.6 is 0 Å². The van der Waals surface area contributed by atoms with Gasteiger partial charge in [0.1, 0.15) is 0 Å². The Morgan fingerprint density at radius 3 is 2.80 bits per heavy atom. The lowest BCUT2D eigenvalue weighted by atomic mass is 10.1. The van der Waals surface area contributed by atoms with Crippen molar-refractivity contribution >= 4 is 17.5 Å². The number of benzene rings is 1. The number of hydrogen-bond donors (Lipinski definition) is 2. The summed E-state index contributed by atoms with van der Waals surface area (Å²) in [6, 6.07) is 7.34. The molecule has 25 heavy (non-hydrogen) atoms. The SMILES string of the molecule is Cn1nnnc1-c1cccc(NC(=O)CCNC(=O)C2CCCC2)c1. The molecule has 132 valence electrons. The van der Waals surface area contributed by atoms with E-state index in [0.29, 0.717) is 18.1 Å². The van der Waals surface area contributed by atoms with Crippen LogP contribution in [0.15, 0.2) is 24.3 Å². The predicted molar refractivity (Wildman–Crippen MR) is 92.4 cm³/mol. The monoisotopic (exact) mass is 342 g/mol. The summed E-state index contributed by atoms with van der Waals surface area (Å²) in [6.45, 7) is 0.355. The number of tetrazole rings is 1. The summed E-state index contributed by atoms with van der Waals surface area (Å²) in [5.74, 6) is 0.682. The Kier molecular flexibility index (Phi) is 5.37. The molecule has 1 aliphatic rings. The van der Waals surface area contributed by atoms with Gasteiger partial charge in [0.05, 0.1) is 0 Å². The molecule has 0 radical (unpaired) electrons. The van der Waals surface area contributed by atoms with Crippen molar-refractivity contribution in [3.63, 3.8) is 0 Å². The Balaban J connectivity index is 1.49. The van der Waals surface area contributed by atoms with E-state index >= 15 is 0 Å². The quantitative estimate of drug-likeness (QED) is 0.828. The highest BCUT2D eigenvalue weighted by atomic mass is 16.2. The Morgan fingerprint density at radius 1 is 1.28 bits per heavy atom. The predicted octanol–water partition coefficient (Wildman–Crippen LogP) is 1.51. The Labute approximate surface area is 146 Å². The molecule has 1 saturated carbocycles. The normalized spacial score (nSPS) is 14.4. The highest BCUT2D eigenvalue weighted by Gasteiger charge is 2.22. The molecule has 3 rings (SSSR count). The third-order valence-corrected chi connectivity index (χ3v) is 4.40. The average molecular weight is 342 g/mol. The standard InChI is InChI=1S/C17H22N6O2/c1-23-16(20-21-22-23)13-7-4-8-14(11-13)19-15(24)9-10-18-17(25)12-5-2-3-6-12/h4,7-8,11-12H,2-3,5-6,9-10H2,1H3,(H,18,25)(H,19,24). The molecule has 1 aromatic carbocycles. The van der Waals surface area contributed by atoms with Crippen LogP contribution in [-0.2, 0) is 16.6 Å². The van der Waals surface area contributed by atoms with E-state index in [9.17, 15) is 9.59 Å². The van der Waals surface area contributed by atoms with Crippen LogP contribution in [-0.4, -0.2) is 38.6 Å². The van der Waals surface area contributed by atoms with E-state index < -0.39 is 0 Å². The van der Waals surface area contributed by atoms with Crippen LogP contribution in [0.4, 0.5) is 5.69 Å². The van der Waals surface area contributed by atoms with Crippen molar-refractivity contribution in [2.24, 2.45) is 13.0 Å². The van der Waals surface area contributed by atoms with Crippen LogP contribution in [0.3, 0.4) is 0 Å². The Morgan fingerprint density at radius 2 is 2.08 bits per heavy atom. The maximum atomic E-state index is 12.1. The molecular formula is C17H22N6O2. The van der Waals surface area contributed by atoms with Gasteiger partial charge in [0.2, 0.25) is 11.8 Å². The molecule has 0 spiro atoms. The van der Waals surface area contributed by atoms with Crippen molar-refractivity contribution in [1.29, 1.82) is 0 Å². The van der Waals surface area contributed by atoms with Gasteiger partial charge in [-0.15, -0.1) is 5.10 Å². The topological polar surface area (TPSA) is 102 Å². The van der Waals surface area contributed by atoms with Crippen molar-refractivity contribution < 1.29 is 9.59 Å². The van der Waals surface area contributed by atoms with Crippen LogP contribution in [0.1, 0.15) is 32.1 Å². The summed E-state index contributed by atoms with van der Waals surface area (Å²) in [5.41, 5.74) is 1.49. The van der Waals surface area contributed by atoms with Gasteiger partial charge in [0, 0.05) is 37.2 Å². The Bertz CT molecular complexity index is 751. The fourth-order valence-corrected chi connectivity index (χ4v) is 3.07. The van der Waals surface area contributed by atoms with Crippen molar-refractivity contribution in [2.75, 3.05) is 11.9 Å². The second kappa shape index (κ2) is 7.87. The lowest BCUT2D eigenvalue weighted by Gasteiger charge is -2.10. The van der Waals surface area contributed by atoms with Crippen LogP contribution in [0, 0.1) is 5.92 Å². The molecule has 0 saturated heterocycles. The van der Waals surface area contributed by atoms with E-state index in [0.717, 1.165) is 31.2 Å². The summed E-state index contributed by atoms with van der Waals surface area (Å²) < 4.78 is 1.57. The van der Waals surface area contributed by atoms with E-state index in [1.165, 1.54) is 0 Å². The smallest absolute Gasteiger partial charge is 0.226 e. The van der Waals surface area contributed by atoms with Crippen LogP contribution < -0.4 is 10.6 Å². The molecule has 2 amide bonds. The van der Waals surface area contributed by atoms with Gasteiger partial charge in [-0.2, -0.15) is 0 Å². The zero-order valence-electron chi connectivity index (χ0n) is 14.2. The largest absolute Gasteiger partial charge is 0.355 e. The van der Waals surface area contributed by atoms with Gasteiger partial charge in [-0.1, -0.05) is 25.0 Å². The van der Waals surface area contributed by atoms with Gasteiger partial charge in [0.25, 0.3) is 0 Å². The van der Waals surface area contributed by atoms with Gasteiger partial charge < -0.3 is 10.6 Å². The number of hydrogen-bond acceptors (Lipinski definition) is 5. The number of carbonyl (C=O) groups is 2. The second-order valence-corrected chi connectivity index (χ2v) is 6.28. The highest BCUT2D eigenvalue weighted by Crippen LogP contribution is 2.24. The summed E-state index contributed by atoms with van der Waals surface area (Å²) in [7, 11) is 1.76. The first kappa shape index (κ1) is 17.1. The molecule has 8 nitrogen and oxygen atoms in total. The molecular weight excluding hydrogens is 320 g/mol. The van der Waals surface area contributed by atoms with Gasteiger partial charge >= 0.3 is 0 Å². The third-order valence-electron chi connectivity index (χ3n) is 4.40. The van der Waals surface area contributed by atoms with Crippen LogP contribution in [0.2, 0.25) is 0 Å². The molecule has 0 atom stereocenters. The maximum absolute atomic E-state index is 12.1. The van der Waals surface area contributed by atoms with Crippen molar-refractivity contribution in [3.05, 3.63) is 24.3 Å². The van der Waals surface area contributed by atoms with E-state index in [-0.39, 0.29) is 24.2 Å². The van der Waals surface area contributed by atoms with E-state index in [1.807, 2.05) is 24.3 Å². The zero-order valence-corrected chi connectivity index (χ0v) is 14.2. The molecule has 1 heterocycles. The van der Waals surface area contributed by atoms with E-state index in [2.05, 4.69) is 26.2 Å². The number of amides is 2. The molecule has 8 heteroatoms. The average Bonchev–Trinajstić information content (AvgIpc) is 3.26. The molecule has 2 N–H and O–H groups in total. The molecule has 0 bridgehead atoms. The summed E-state index contributed by atoms with van der Waals surface area (Å²) in [4.78, 5) is 24.0. The van der Waals surface area contributed by atoms with Crippen molar-refractivity contribution in [2.45, 2.75) is 32.1 Å². The molecule has 1 fully saturated rings. The number of aryl methyl sites for hydroxylation is 1. The zero-order chi connectivity index (χ0) is 17.6. The number of nitrogens with one attached hydrogen (secondary N) is 2. The van der Waals surface area contributed by atoms with Crippen LogP contribution in [0.25, 0.3) is 11.4 Å². The number of nitrogens with zero attached hydrogens (tertiary/aromatic N) is 4. The van der Waals surface area contributed by atoms with Crippen LogP contribution in [0.5, 0.6) is 0 Å². The molecule has 0 unspecified atom stereocenters. The first-order valence-electron chi connectivity index (χ1n) is 8.54. The number of carbonyl (C=O) groups excluding carboxylic acids is 2. The minimum absolute atomic E-state index is 0.0714. The molecule has 1 aliphatic carbocycles. The summed E-state index contributed by atoms with van der Waals surface area (Å²) >= 11 is 0. The van der Waals surface area contributed by atoms with Crippen molar-refractivity contribution in [1.82, 2.24) is 25.5 Å². The van der Waals surface area contributed by atoms with Gasteiger partial charge in [-0.25, -0.2) is 4.68 Å². The lowest BCUT2D eigenvalue weighted by Crippen LogP contribution is -2.32. The van der Waals surface area contributed by atoms with E-state index in [4.69, 9.17) is 0 Å². The summed E-state index contributed by atoms with van der Waals surface area (Å²) in [5, 5.41) is 17.1. The third kappa shape index (κ3) is 4.40. The number of rotatable bonds is 6. The fourth-order valence-electron chi connectivity index (χ4n) is 3.07. The lowest BCUT2D eigenvalue weighted by molar-refractivity contribution is -0.124. The second-order valence-electron chi connectivity index (χ2n) is 6.28. The minimum atomic E-state index is -0.139. The molecule has 1 aromatic heterocycles. The maximum Gasteiger partial charge on any atom is 0.226 e. The first-order valence-corrected chi connectivity index (χ1v) is 8.54. The fraction of sp³-hybridized carbons (Fsp3) is 0.471. The molecule has 2 aromatic rings. The molecule has 0 aliphatic heterocycles. The minimum Gasteiger partial charge on any atom is -0.355 e. The number of aromatic nitrogens is 4. The first-order chi connectivity index (χ1) is 12.1. The highest BCUT2D eigenvalue weighted by molar-refractivity contribution is 5.91. The summed E-state index contributed by atoms with van der Waals surface area (Å²) in [6.07, 6.45) is 4.41. The van der Waals surface area contributed by atoms with Gasteiger partial charge in [-0.05, 0) is 35.4 Å². The van der Waals surface area contributed by atoms with Gasteiger partial charge in [0.15, 0.2) is 5.82 Å². The Hall–Kier alpha value is -2.77. The van der Waals surface area contributed by atoms with Gasteiger partial charge in [-0.3, -0.25) is 9.59 Å². The van der Waals surface area contributed by atoms with Crippen molar-refractivity contribution in [3.8, 4) is 11.4 Å².